The highest BCUT2D eigenvalue weighted by Crippen LogP contribution is 2.26. The molecule has 0 aliphatic rings. The van der Waals surface area contributed by atoms with Crippen LogP contribution < -0.4 is 14.2 Å². The van der Waals surface area contributed by atoms with Crippen LogP contribution in [0.2, 0.25) is 0 Å². The third-order valence-corrected chi connectivity index (χ3v) is 6.75. The van der Waals surface area contributed by atoms with E-state index in [0.29, 0.717) is 43.2 Å². The Balaban J connectivity index is 2.14. The number of ether oxygens (including phenoxy) is 3. The van der Waals surface area contributed by atoms with E-state index in [2.05, 4.69) is 6.92 Å². The van der Waals surface area contributed by atoms with Gasteiger partial charge in [-0.15, -0.1) is 0 Å². The largest absolute Gasteiger partial charge is 0.497 e. The summed E-state index contributed by atoms with van der Waals surface area (Å²) in [6.07, 6.45) is 6.81. The van der Waals surface area contributed by atoms with Crippen molar-refractivity contribution in [3.63, 3.8) is 0 Å². The van der Waals surface area contributed by atoms with Gasteiger partial charge in [0, 0.05) is 18.7 Å². The highest BCUT2D eigenvalue weighted by molar-refractivity contribution is 5.80. The van der Waals surface area contributed by atoms with Crippen molar-refractivity contribution < 1.29 is 28.9 Å². The molecule has 0 spiro atoms. The maximum atomic E-state index is 13.4. The SMILES string of the molecule is CCCCCCCN(CCc1cccc(OC(C)(CC)C(=O)O)c1)C(=O)Cc1cc(OC)ccc1OC. The van der Waals surface area contributed by atoms with E-state index in [4.69, 9.17) is 14.2 Å². The summed E-state index contributed by atoms with van der Waals surface area (Å²) in [4.78, 5) is 27.0. The fourth-order valence-electron chi connectivity index (χ4n) is 4.12. The van der Waals surface area contributed by atoms with Gasteiger partial charge in [-0.2, -0.15) is 0 Å². The molecule has 1 unspecified atom stereocenters. The quantitative estimate of drug-likeness (QED) is 0.264. The number of carboxylic acid groups (broad SMARTS) is 1. The number of nitrogens with zero attached hydrogens (tertiary/aromatic N) is 1. The lowest BCUT2D eigenvalue weighted by Gasteiger charge is -2.26. The Kier molecular flexibility index (Phi) is 12.3. The Hall–Kier alpha value is -3.22. The molecule has 0 fully saturated rings. The number of carboxylic acids is 1. The van der Waals surface area contributed by atoms with Crippen LogP contribution in [0.4, 0.5) is 0 Å². The van der Waals surface area contributed by atoms with E-state index in [1.54, 1.807) is 34.1 Å². The minimum Gasteiger partial charge on any atom is -0.497 e. The molecule has 204 valence electrons. The molecule has 1 N–H and O–H groups in total. The minimum atomic E-state index is -1.28. The standard InChI is InChI=1S/C30H43NO6/c1-6-8-9-10-11-18-31(28(32)22-24-21-25(35-4)15-16-27(24)36-5)19-17-23-13-12-14-26(20-23)37-30(3,7-2)29(33)34/h12-16,20-21H,6-11,17-19,22H2,1-5H3,(H,33,34). The van der Waals surface area contributed by atoms with Crippen molar-refractivity contribution in [2.75, 3.05) is 27.3 Å². The summed E-state index contributed by atoms with van der Waals surface area (Å²) in [5.41, 5.74) is 0.504. The molecule has 1 atom stereocenters. The fourth-order valence-corrected chi connectivity index (χ4v) is 4.12. The van der Waals surface area contributed by atoms with Crippen molar-refractivity contribution >= 4 is 11.9 Å². The zero-order valence-electron chi connectivity index (χ0n) is 23.0. The van der Waals surface area contributed by atoms with E-state index in [1.807, 2.05) is 41.3 Å². The Morgan fingerprint density at radius 2 is 1.68 bits per heavy atom. The summed E-state index contributed by atoms with van der Waals surface area (Å²) >= 11 is 0. The van der Waals surface area contributed by atoms with Crippen molar-refractivity contribution in [2.45, 2.75) is 77.7 Å². The Morgan fingerprint density at radius 3 is 2.32 bits per heavy atom. The van der Waals surface area contributed by atoms with Gasteiger partial charge < -0.3 is 24.2 Å². The van der Waals surface area contributed by atoms with Crippen LogP contribution in [0.3, 0.4) is 0 Å². The summed E-state index contributed by atoms with van der Waals surface area (Å²) in [5.74, 6) is 0.918. The van der Waals surface area contributed by atoms with E-state index < -0.39 is 11.6 Å². The topological polar surface area (TPSA) is 85.3 Å². The van der Waals surface area contributed by atoms with Crippen LogP contribution in [-0.2, 0) is 22.4 Å². The number of benzene rings is 2. The normalized spacial score (nSPS) is 12.5. The first-order valence-corrected chi connectivity index (χ1v) is 13.3. The van der Waals surface area contributed by atoms with Gasteiger partial charge in [0.1, 0.15) is 17.2 Å². The first-order chi connectivity index (χ1) is 17.8. The molecule has 0 aliphatic heterocycles. The number of unbranched alkanes of at least 4 members (excludes halogenated alkanes) is 4. The van der Waals surface area contributed by atoms with Crippen molar-refractivity contribution in [1.29, 1.82) is 0 Å². The summed E-state index contributed by atoms with van der Waals surface area (Å²) in [6, 6.07) is 13.0. The summed E-state index contributed by atoms with van der Waals surface area (Å²) < 4.78 is 16.7. The summed E-state index contributed by atoms with van der Waals surface area (Å²) in [6.45, 7) is 6.81. The minimum absolute atomic E-state index is 0.0406. The lowest BCUT2D eigenvalue weighted by atomic mass is 10.0. The van der Waals surface area contributed by atoms with Crippen molar-refractivity contribution in [3.8, 4) is 17.2 Å². The van der Waals surface area contributed by atoms with E-state index in [9.17, 15) is 14.7 Å². The Bertz CT molecular complexity index is 1010. The lowest BCUT2D eigenvalue weighted by molar-refractivity contribution is -0.154. The van der Waals surface area contributed by atoms with Gasteiger partial charge in [-0.3, -0.25) is 4.79 Å². The van der Waals surface area contributed by atoms with Gasteiger partial charge in [0.15, 0.2) is 0 Å². The second kappa shape index (κ2) is 15.1. The van der Waals surface area contributed by atoms with Gasteiger partial charge in [-0.25, -0.2) is 4.79 Å². The second-order valence-electron chi connectivity index (χ2n) is 9.54. The average Bonchev–Trinajstić information content (AvgIpc) is 2.90. The molecular formula is C30H43NO6. The number of carbonyl (C=O) groups excluding carboxylic acids is 1. The highest BCUT2D eigenvalue weighted by Gasteiger charge is 2.33. The molecule has 2 rings (SSSR count). The molecule has 1 amide bonds. The Morgan fingerprint density at radius 1 is 0.919 bits per heavy atom. The van der Waals surface area contributed by atoms with Gasteiger partial charge in [-0.1, -0.05) is 51.7 Å². The maximum Gasteiger partial charge on any atom is 0.347 e. The van der Waals surface area contributed by atoms with Gasteiger partial charge in [0.2, 0.25) is 11.5 Å². The van der Waals surface area contributed by atoms with Crippen molar-refractivity contribution in [1.82, 2.24) is 4.90 Å². The Labute approximate surface area is 221 Å². The fraction of sp³-hybridized carbons (Fsp3) is 0.533. The van der Waals surface area contributed by atoms with Crippen LogP contribution in [-0.4, -0.2) is 54.8 Å². The van der Waals surface area contributed by atoms with Crippen LogP contribution >= 0.6 is 0 Å². The number of rotatable bonds is 17. The predicted molar refractivity (Wildman–Crippen MR) is 146 cm³/mol. The predicted octanol–water partition coefficient (Wildman–Crippen LogP) is 5.92. The number of hydrogen-bond acceptors (Lipinski definition) is 5. The molecule has 0 radical (unpaired) electrons. The van der Waals surface area contributed by atoms with E-state index in [-0.39, 0.29) is 12.3 Å². The number of carbonyl (C=O) groups is 2. The molecule has 0 heterocycles. The molecule has 2 aromatic carbocycles. The van der Waals surface area contributed by atoms with Crippen LogP contribution in [0.5, 0.6) is 17.2 Å². The van der Waals surface area contributed by atoms with Crippen LogP contribution in [0.1, 0.15) is 70.4 Å². The summed E-state index contributed by atoms with van der Waals surface area (Å²) in [7, 11) is 3.21. The zero-order valence-corrected chi connectivity index (χ0v) is 23.0. The van der Waals surface area contributed by atoms with Crippen LogP contribution in [0.15, 0.2) is 42.5 Å². The van der Waals surface area contributed by atoms with E-state index in [0.717, 1.165) is 24.0 Å². The first kappa shape index (κ1) is 30.0. The van der Waals surface area contributed by atoms with Gasteiger partial charge in [-0.05, 0) is 62.1 Å². The summed E-state index contributed by atoms with van der Waals surface area (Å²) in [5, 5.41) is 9.54. The third kappa shape index (κ3) is 9.30. The van der Waals surface area contributed by atoms with Crippen molar-refractivity contribution in [3.05, 3.63) is 53.6 Å². The van der Waals surface area contributed by atoms with Gasteiger partial charge in [0.25, 0.3) is 0 Å². The number of methoxy groups -OCH3 is 2. The molecule has 7 heteroatoms. The van der Waals surface area contributed by atoms with E-state index >= 15 is 0 Å². The van der Waals surface area contributed by atoms with Crippen molar-refractivity contribution in [2.24, 2.45) is 0 Å². The molecule has 0 saturated heterocycles. The molecule has 0 bridgehead atoms. The first-order valence-electron chi connectivity index (χ1n) is 13.3. The zero-order chi connectivity index (χ0) is 27.3. The maximum absolute atomic E-state index is 13.4. The lowest BCUT2D eigenvalue weighted by Crippen LogP contribution is -2.40. The number of hydrogen-bond donors (Lipinski definition) is 1. The monoisotopic (exact) mass is 513 g/mol. The average molecular weight is 514 g/mol. The molecule has 7 nitrogen and oxygen atoms in total. The molecule has 0 aromatic heterocycles. The smallest absolute Gasteiger partial charge is 0.347 e. The second-order valence-corrected chi connectivity index (χ2v) is 9.54. The van der Waals surface area contributed by atoms with Crippen LogP contribution in [0.25, 0.3) is 0 Å². The van der Waals surface area contributed by atoms with E-state index in [1.165, 1.54) is 19.3 Å². The molecule has 37 heavy (non-hydrogen) atoms. The van der Waals surface area contributed by atoms with Gasteiger partial charge in [0.05, 0.1) is 20.6 Å². The van der Waals surface area contributed by atoms with Gasteiger partial charge >= 0.3 is 5.97 Å². The van der Waals surface area contributed by atoms with Crippen LogP contribution in [0, 0.1) is 0 Å². The number of amides is 1. The molecular weight excluding hydrogens is 470 g/mol. The molecule has 0 aliphatic carbocycles. The highest BCUT2D eigenvalue weighted by atomic mass is 16.5. The molecule has 0 saturated carbocycles. The molecule has 2 aromatic rings. The number of aliphatic carboxylic acids is 1. The third-order valence-electron chi connectivity index (χ3n) is 6.75.